The predicted octanol–water partition coefficient (Wildman–Crippen LogP) is 0.100. The number of aromatic nitrogens is 6. The number of aliphatic hydroxyl groups is 1. The Morgan fingerprint density at radius 2 is 2.32 bits per heavy atom. The molecule has 8 heteroatoms. The van der Waals surface area contributed by atoms with Gasteiger partial charge in [-0.25, -0.2) is 4.68 Å². The number of aliphatic hydroxyl groups excluding tert-OH is 1. The summed E-state index contributed by atoms with van der Waals surface area (Å²) in [5.74, 6) is 0.723. The first-order valence-corrected chi connectivity index (χ1v) is 5.96. The third-order valence-corrected chi connectivity index (χ3v) is 3.35. The molecule has 4 rings (SSSR count). The van der Waals surface area contributed by atoms with Gasteiger partial charge in [0.25, 0.3) is 0 Å². The van der Waals surface area contributed by atoms with E-state index in [0.29, 0.717) is 17.2 Å². The number of H-pyrrole nitrogens is 1. The van der Waals surface area contributed by atoms with Gasteiger partial charge in [-0.1, -0.05) is 0 Å². The van der Waals surface area contributed by atoms with Crippen molar-refractivity contribution >= 4 is 17.0 Å². The van der Waals surface area contributed by atoms with Crippen LogP contribution < -0.4 is 5.73 Å². The van der Waals surface area contributed by atoms with Crippen molar-refractivity contribution in [1.82, 2.24) is 29.9 Å². The van der Waals surface area contributed by atoms with Crippen LogP contribution in [0.5, 0.6) is 0 Å². The molecule has 0 bridgehead atoms. The van der Waals surface area contributed by atoms with Gasteiger partial charge < -0.3 is 10.8 Å². The van der Waals surface area contributed by atoms with E-state index in [1.54, 1.807) is 10.9 Å². The number of aryl methyl sites for hydroxylation is 1. The van der Waals surface area contributed by atoms with Crippen molar-refractivity contribution in [2.45, 2.75) is 18.9 Å². The van der Waals surface area contributed by atoms with Crippen LogP contribution >= 0.6 is 0 Å². The molecular weight excluding hydrogens is 246 g/mol. The fraction of sp³-hybridized carbons (Fsp3) is 0.273. The molecule has 3 aromatic heterocycles. The second-order valence-corrected chi connectivity index (χ2v) is 4.58. The van der Waals surface area contributed by atoms with Crippen molar-refractivity contribution < 1.29 is 5.11 Å². The molecule has 3 heterocycles. The normalized spacial score (nSPS) is 18.1. The van der Waals surface area contributed by atoms with Crippen LogP contribution in [0.2, 0.25) is 0 Å². The molecule has 1 atom stereocenters. The molecule has 0 aliphatic heterocycles. The average Bonchev–Trinajstić information content (AvgIpc) is 3.05. The minimum atomic E-state index is -0.490. The summed E-state index contributed by atoms with van der Waals surface area (Å²) in [4.78, 5) is 8.27. The quantitative estimate of drug-likeness (QED) is 0.569. The third-order valence-electron chi connectivity index (χ3n) is 3.35. The highest BCUT2D eigenvalue weighted by molar-refractivity contribution is 5.82. The number of nitrogens with zero attached hydrogens (tertiary/aromatic N) is 5. The van der Waals surface area contributed by atoms with Gasteiger partial charge in [-0.15, -0.1) is 0 Å². The monoisotopic (exact) mass is 257 g/mol. The smallest absolute Gasteiger partial charge is 0.224 e. The van der Waals surface area contributed by atoms with E-state index < -0.39 is 6.10 Å². The summed E-state index contributed by atoms with van der Waals surface area (Å²) in [6.45, 7) is 0. The molecule has 0 amide bonds. The Balaban J connectivity index is 1.95. The molecular formula is C11H11N7O. The lowest BCUT2D eigenvalue weighted by Gasteiger charge is -2.04. The zero-order valence-corrected chi connectivity index (χ0v) is 9.91. The molecule has 1 unspecified atom stereocenters. The van der Waals surface area contributed by atoms with Crippen LogP contribution in [-0.2, 0) is 6.42 Å². The van der Waals surface area contributed by atoms with Gasteiger partial charge in [0.2, 0.25) is 5.95 Å². The van der Waals surface area contributed by atoms with Crippen molar-refractivity contribution in [2.24, 2.45) is 0 Å². The first-order chi connectivity index (χ1) is 9.22. The lowest BCUT2D eigenvalue weighted by atomic mass is 10.3. The van der Waals surface area contributed by atoms with Gasteiger partial charge in [0.05, 0.1) is 23.4 Å². The van der Waals surface area contributed by atoms with Crippen LogP contribution in [0.3, 0.4) is 0 Å². The lowest BCUT2D eigenvalue weighted by Crippen LogP contribution is -2.05. The molecule has 96 valence electrons. The first-order valence-electron chi connectivity index (χ1n) is 5.96. The second-order valence-electron chi connectivity index (χ2n) is 4.58. The molecule has 0 spiro atoms. The number of hydrogen-bond acceptors (Lipinski definition) is 6. The summed E-state index contributed by atoms with van der Waals surface area (Å²) in [6.07, 6.45) is 4.57. The molecule has 8 nitrogen and oxygen atoms in total. The fourth-order valence-electron chi connectivity index (χ4n) is 2.44. The number of aromatic amines is 1. The van der Waals surface area contributed by atoms with Gasteiger partial charge in [-0.3, -0.25) is 5.10 Å². The fourth-order valence-corrected chi connectivity index (χ4v) is 2.44. The van der Waals surface area contributed by atoms with Crippen molar-refractivity contribution in [3.05, 3.63) is 23.7 Å². The number of hydrogen-bond donors (Lipinski definition) is 3. The van der Waals surface area contributed by atoms with E-state index in [2.05, 4.69) is 25.3 Å². The van der Waals surface area contributed by atoms with E-state index in [9.17, 15) is 5.11 Å². The number of rotatable bonds is 1. The standard InChI is InChI=1S/C11H11N7O/c12-11-14-9-6(3-13-16-9)10(15-11)18-4-5-1-2-7(19)8(5)17-18/h3-4,7,19H,1-2H2,(H3,12,13,14,15,16). The van der Waals surface area contributed by atoms with E-state index in [4.69, 9.17) is 5.73 Å². The van der Waals surface area contributed by atoms with Crippen LogP contribution in [-0.4, -0.2) is 35.1 Å². The van der Waals surface area contributed by atoms with E-state index in [0.717, 1.165) is 23.8 Å². The molecule has 19 heavy (non-hydrogen) atoms. The minimum Gasteiger partial charge on any atom is -0.387 e. The second kappa shape index (κ2) is 3.51. The largest absolute Gasteiger partial charge is 0.387 e. The van der Waals surface area contributed by atoms with Crippen LogP contribution in [0.4, 0.5) is 5.95 Å². The molecule has 4 N–H and O–H groups in total. The maximum Gasteiger partial charge on any atom is 0.224 e. The van der Waals surface area contributed by atoms with Gasteiger partial charge in [0.15, 0.2) is 11.5 Å². The van der Waals surface area contributed by atoms with Crippen LogP contribution in [0.1, 0.15) is 23.8 Å². The molecule has 0 saturated carbocycles. The van der Waals surface area contributed by atoms with Crippen LogP contribution in [0.15, 0.2) is 12.4 Å². The summed E-state index contributed by atoms with van der Waals surface area (Å²) in [5, 5.41) is 21.6. The summed E-state index contributed by atoms with van der Waals surface area (Å²) < 4.78 is 1.63. The number of nitrogen functional groups attached to an aromatic ring is 1. The Hall–Kier alpha value is -2.48. The third kappa shape index (κ3) is 1.43. The van der Waals surface area contributed by atoms with Gasteiger partial charge in [0.1, 0.15) is 0 Å². The van der Waals surface area contributed by atoms with Crippen molar-refractivity contribution in [3.8, 4) is 5.82 Å². The Kier molecular flexibility index (Phi) is 1.93. The van der Waals surface area contributed by atoms with Gasteiger partial charge in [-0.05, 0) is 18.4 Å². The molecule has 0 aromatic carbocycles. The van der Waals surface area contributed by atoms with Crippen LogP contribution in [0.25, 0.3) is 16.9 Å². The molecule has 1 aliphatic carbocycles. The maximum atomic E-state index is 9.82. The number of fused-ring (bicyclic) bond motifs is 2. The molecule has 0 saturated heterocycles. The first kappa shape index (κ1) is 10.4. The number of nitrogens with two attached hydrogens (primary N) is 1. The zero-order chi connectivity index (χ0) is 13.0. The highest BCUT2D eigenvalue weighted by Crippen LogP contribution is 2.30. The highest BCUT2D eigenvalue weighted by atomic mass is 16.3. The molecule has 0 radical (unpaired) electrons. The molecule has 3 aromatic rings. The molecule has 1 aliphatic rings. The average molecular weight is 257 g/mol. The Morgan fingerprint density at radius 1 is 1.42 bits per heavy atom. The lowest BCUT2D eigenvalue weighted by molar-refractivity contribution is 0.174. The highest BCUT2D eigenvalue weighted by Gasteiger charge is 2.25. The zero-order valence-electron chi connectivity index (χ0n) is 9.91. The summed E-state index contributed by atoms with van der Waals surface area (Å²) in [6, 6.07) is 0. The van der Waals surface area contributed by atoms with Crippen LogP contribution in [0, 0.1) is 0 Å². The maximum absolute atomic E-state index is 9.82. The predicted molar refractivity (Wildman–Crippen MR) is 66.5 cm³/mol. The van der Waals surface area contributed by atoms with Crippen molar-refractivity contribution in [2.75, 3.05) is 5.73 Å². The Bertz CT molecular complexity index is 775. The summed E-state index contributed by atoms with van der Waals surface area (Å²) in [5.41, 5.74) is 8.01. The van der Waals surface area contributed by atoms with Crippen molar-refractivity contribution in [1.29, 1.82) is 0 Å². The SMILES string of the molecule is Nc1nc(-n2cc3c(n2)C(O)CC3)c2cn[nH]c2n1. The van der Waals surface area contributed by atoms with Gasteiger partial charge in [-0.2, -0.15) is 20.2 Å². The van der Waals surface area contributed by atoms with E-state index in [1.165, 1.54) is 0 Å². The van der Waals surface area contributed by atoms with Gasteiger partial charge >= 0.3 is 0 Å². The number of nitrogens with one attached hydrogen (secondary N) is 1. The summed E-state index contributed by atoms with van der Waals surface area (Å²) >= 11 is 0. The van der Waals surface area contributed by atoms with Crippen molar-refractivity contribution in [3.63, 3.8) is 0 Å². The van der Waals surface area contributed by atoms with E-state index in [1.807, 2.05) is 6.20 Å². The molecule has 0 fully saturated rings. The van der Waals surface area contributed by atoms with Gasteiger partial charge in [0, 0.05) is 6.20 Å². The van der Waals surface area contributed by atoms with E-state index >= 15 is 0 Å². The Labute approximate surface area is 107 Å². The Morgan fingerprint density at radius 3 is 3.16 bits per heavy atom. The summed E-state index contributed by atoms with van der Waals surface area (Å²) in [7, 11) is 0. The number of anilines is 1. The topological polar surface area (TPSA) is 119 Å². The van der Waals surface area contributed by atoms with E-state index in [-0.39, 0.29) is 5.95 Å². The minimum absolute atomic E-state index is 0.156.